The van der Waals surface area contributed by atoms with Crippen molar-refractivity contribution in [2.45, 2.75) is 56.6 Å². The maximum atomic E-state index is 13.0. The third kappa shape index (κ3) is 7.88. The number of nitriles is 2. The predicted octanol–water partition coefficient (Wildman–Crippen LogP) is 3.22. The molecule has 3 atom stereocenters. The second-order valence-corrected chi connectivity index (χ2v) is 11.1. The van der Waals surface area contributed by atoms with E-state index in [1.54, 1.807) is 4.90 Å². The molecule has 36 heavy (non-hydrogen) atoms. The third-order valence-electron chi connectivity index (χ3n) is 7.08. The van der Waals surface area contributed by atoms with E-state index in [0.29, 0.717) is 19.5 Å². The average Bonchev–Trinajstić information content (AvgIpc) is 3.19. The number of nitrogens with zero attached hydrogens (tertiary/aromatic N) is 4. The molecule has 0 bridgehead atoms. The molecule has 2 fully saturated rings. The van der Waals surface area contributed by atoms with Crippen molar-refractivity contribution in [3.63, 3.8) is 0 Å². The highest BCUT2D eigenvalue weighted by Gasteiger charge is 2.40. The van der Waals surface area contributed by atoms with E-state index in [1.807, 2.05) is 19.1 Å². The lowest BCUT2D eigenvalue weighted by atomic mass is 9.99. The van der Waals surface area contributed by atoms with Crippen LogP contribution in [0.25, 0.3) is 0 Å². The second-order valence-electron chi connectivity index (χ2n) is 9.69. The summed E-state index contributed by atoms with van der Waals surface area (Å²) in [5.41, 5.74) is 2.39. The summed E-state index contributed by atoms with van der Waals surface area (Å²) in [6, 6.07) is 12.4. The molecular formula is C27H38N6O2S. The van der Waals surface area contributed by atoms with Gasteiger partial charge < -0.3 is 20.4 Å². The summed E-state index contributed by atoms with van der Waals surface area (Å²) in [7, 11) is 0. The number of amides is 2. The third-order valence-corrected chi connectivity index (χ3v) is 8.60. The molecule has 2 amide bonds. The fourth-order valence-corrected chi connectivity index (χ4v) is 6.40. The van der Waals surface area contributed by atoms with Crippen LogP contribution in [0.15, 0.2) is 24.3 Å². The standard InChI is InChI=1S/C27H38N6O2S/c1-3-33-25(18-22(19-29)26(34)31-13-11-28)36-24(27(33)35)7-12-30-23-6-4-5-21(17-23)10-16-32-14-8-20(2)9-15-32/h4-6,17,20,22,24-25,30H,3,7-10,12-16,18H2,1-2H3,(H,31,34). The number of hydrogen-bond acceptors (Lipinski definition) is 7. The molecule has 3 unspecified atom stereocenters. The van der Waals surface area contributed by atoms with Gasteiger partial charge in [-0.1, -0.05) is 19.1 Å². The Kier molecular flexibility index (Phi) is 10.9. The van der Waals surface area contributed by atoms with Gasteiger partial charge in [-0.05, 0) is 69.3 Å². The number of carbonyl (C=O) groups excluding carboxylic acids is 2. The summed E-state index contributed by atoms with van der Waals surface area (Å²) in [5.74, 6) is -0.429. The van der Waals surface area contributed by atoms with Gasteiger partial charge in [0.05, 0.1) is 22.8 Å². The lowest BCUT2D eigenvalue weighted by Gasteiger charge is -2.30. The Labute approximate surface area is 219 Å². The first kappa shape index (κ1) is 27.8. The Morgan fingerprint density at radius 2 is 2.06 bits per heavy atom. The van der Waals surface area contributed by atoms with E-state index in [1.165, 1.54) is 43.3 Å². The van der Waals surface area contributed by atoms with E-state index in [9.17, 15) is 14.9 Å². The van der Waals surface area contributed by atoms with Crippen LogP contribution in [0.4, 0.5) is 5.69 Å². The highest BCUT2D eigenvalue weighted by molar-refractivity contribution is 8.01. The molecule has 194 valence electrons. The summed E-state index contributed by atoms with van der Waals surface area (Å²) in [5, 5.41) is 23.6. The van der Waals surface area contributed by atoms with Crippen molar-refractivity contribution in [1.29, 1.82) is 10.5 Å². The van der Waals surface area contributed by atoms with E-state index in [0.717, 1.165) is 24.6 Å². The van der Waals surface area contributed by atoms with E-state index in [2.05, 4.69) is 46.7 Å². The Morgan fingerprint density at radius 3 is 2.75 bits per heavy atom. The summed E-state index contributed by atoms with van der Waals surface area (Å²) >= 11 is 1.53. The minimum Gasteiger partial charge on any atom is -0.385 e. The number of likely N-dealkylation sites (tertiary alicyclic amines) is 1. The quantitative estimate of drug-likeness (QED) is 0.415. The first-order valence-corrected chi connectivity index (χ1v) is 13.9. The summed E-state index contributed by atoms with van der Waals surface area (Å²) in [6.07, 6.45) is 4.56. The Bertz CT molecular complexity index is 966. The molecule has 0 spiro atoms. The van der Waals surface area contributed by atoms with Crippen LogP contribution in [0.3, 0.4) is 0 Å². The van der Waals surface area contributed by atoms with Gasteiger partial charge >= 0.3 is 0 Å². The molecule has 8 nitrogen and oxygen atoms in total. The van der Waals surface area contributed by atoms with Gasteiger partial charge in [-0.15, -0.1) is 11.8 Å². The molecule has 0 aromatic heterocycles. The van der Waals surface area contributed by atoms with Crippen LogP contribution in [-0.2, 0) is 16.0 Å². The van der Waals surface area contributed by atoms with Gasteiger partial charge in [-0.25, -0.2) is 0 Å². The van der Waals surface area contributed by atoms with Crippen molar-refractivity contribution in [3.05, 3.63) is 29.8 Å². The smallest absolute Gasteiger partial charge is 0.238 e. The van der Waals surface area contributed by atoms with Gasteiger partial charge in [-0.3, -0.25) is 9.59 Å². The van der Waals surface area contributed by atoms with Gasteiger partial charge in [0.25, 0.3) is 0 Å². The number of thioether (sulfide) groups is 1. The van der Waals surface area contributed by atoms with E-state index in [-0.39, 0.29) is 29.5 Å². The second kappa shape index (κ2) is 14.1. The fourth-order valence-electron chi connectivity index (χ4n) is 4.81. The SMILES string of the molecule is CCN1C(=O)C(CCNc2cccc(CCN3CCC(C)CC3)c2)SC1CC(C#N)C(=O)NCC#N. The molecule has 2 aliphatic heterocycles. The average molecular weight is 511 g/mol. The predicted molar refractivity (Wildman–Crippen MR) is 143 cm³/mol. The van der Waals surface area contributed by atoms with Gasteiger partial charge in [0.15, 0.2) is 0 Å². The zero-order valence-electron chi connectivity index (χ0n) is 21.4. The molecule has 9 heteroatoms. The molecule has 2 heterocycles. The molecule has 2 N–H and O–H groups in total. The first-order chi connectivity index (χ1) is 17.4. The van der Waals surface area contributed by atoms with Crippen molar-refractivity contribution in [2.24, 2.45) is 11.8 Å². The monoisotopic (exact) mass is 510 g/mol. The summed E-state index contributed by atoms with van der Waals surface area (Å²) < 4.78 is 0. The van der Waals surface area contributed by atoms with Crippen molar-refractivity contribution >= 4 is 29.3 Å². The number of rotatable bonds is 12. The molecular weight excluding hydrogens is 472 g/mol. The lowest BCUT2D eigenvalue weighted by molar-refractivity contribution is -0.131. The molecule has 3 rings (SSSR count). The number of carbonyl (C=O) groups is 2. The maximum Gasteiger partial charge on any atom is 0.238 e. The number of benzene rings is 1. The first-order valence-electron chi connectivity index (χ1n) is 13.0. The van der Waals surface area contributed by atoms with E-state index < -0.39 is 11.8 Å². The zero-order chi connectivity index (χ0) is 25.9. The number of nitrogens with one attached hydrogen (secondary N) is 2. The molecule has 1 aromatic rings. The number of hydrogen-bond donors (Lipinski definition) is 2. The Hall–Kier alpha value is -2.75. The van der Waals surface area contributed by atoms with Crippen molar-refractivity contribution in [2.75, 3.05) is 44.6 Å². The number of anilines is 1. The van der Waals surface area contributed by atoms with Crippen LogP contribution < -0.4 is 10.6 Å². The number of piperidine rings is 1. The zero-order valence-corrected chi connectivity index (χ0v) is 22.2. The van der Waals surface area contributed by atoms with Gasteiger partial charge in [0.2, 0.25) is 11.8 Å². The van der Waals surface area contributed by atoms with Crippen LogP contribution in [0, 0.1) is 34.5 Å². The normalized spacial score (nSPS) is 21.6. The molecule has 0 radical (unpaired) electrons. The fraction of sp³-hybridized carbons (Fsp3) is 0.630. The molecule has 1 aromatic carbocycles. The largest absolute Gasteiger partial charge is 0.385 e. The van der Waals surface area contributed by atoms with Crippen LogP contribution in [-0.4, -0.2) is 71.5 Å². The van der Waals surface area contributed by atoms with Crippen molar-refractivity contribution in [1.82, 2.24) is 15.1 Å². The minimum absolute atomic E-state index is 0.0630. The maximum absolute atomic E-state index is 13.0. The van der Waals surface area contributed by atoms with Crippen LogP contribution >= 0.6 is 11.8 Å². The topological polar surface area (TPSA) is 112 Å². The van der Waals surface area contributed by atoms with Gasteiger partial charge in [0, 0.05) is 31.7 Å². The van der Waals surface area contributed by atoms with Gasteiger partial charge in [0.1, 0.15) is 12.5 Å². The highest BCUT2D eigenvalue weighted by atomic mass is 32.2. The summed E-state index contributed by atoms with van der Waals surface area (Å²) in [6.45, 7) is 8.82. The lowest BCUT2D eigenvalue weighted by Crippen LogP contribution is -2.38. The van der Waals surface area contributed by atoms with Crippen molar-refractivity contribution < 1.29 is 9.59 Å². The Balaban J connectivity index is 1.47. The molecule has 2 aliphatic rings. The highest BCUT2D eigenvalue weighted by Crippen LogP contribution is 2.37. The van der Waals surface area contributed by atoms with Crippen LogP contribution in [0.2, 0.25) is 0 Å². The van der Waals surface area contributed by atoms with E-state index >= 15 is 0 Å². The molecule has 0 aliphatic carbocycles. The van der Waals surface area contributed by atoms with Crippen LogP contribution in [0.5, 0.6) is 0 Å². The van der Waals surface area contributed by atoms with Crippen LogP contribution in [0.1, 0.15) is 45.1 Å². The summed E-state index contributed by atoms with van der Waals surface area (Å²) in [4.78, 5) is 29.5. The van der Waals surface area contributed by atoms with E-state index in [4.69, 9.17) is 5.26 Å². The Morgan fingerprint density at radius 1 is 1.28 bits per heavy atom. The minimum atomic E-state index is -0.884. The van der Waals surface area contributed by atoms with Crippen molar-refractivity contribution in [3.8, 4) is 12.1 Å². The van der Waals surface area contributed by atoms with Gasteiger partial charge in [-0.2, -0.15) is 10.5 Å². The molecule has 0 saturated carbocycles. The molecule has 2 saturated heterocycles.